The van der Waals surface area contributed by atoms with Crippen LogP contribution < -0.4 is 11.2 Å². The van der Waals surface area contributed by atoms with E-state index >= 15 is 0 Å². The number of fused-ring (bicyclic) bond motifs is 2. The van der Waals surface area contributed by atoms with Gasteiger partial charge in [-0.2, -0.15) is 0 Å². The summed E-state index contributed by atoms with van der Waals surface area (Å²) in [5.41, 5.74) is 9.63. The van der Waals surface area contributed by atoms with Crippen LogP contribution in [-0.2, 0) is 24.1 Å². The van der Waals surface area contributed by atoms with Gasteiger partial charge in [0.25, 0.3) is 5.91 Å². The van der Waals surface area contributed by atoms with Crippen molar-refractivity contribution in [2.24, 2.45) is 11.7 Å². The number of aromatic nitrogens is 1. The van der Waals surface area contributed by atoms with Crippen molar-refractivity contribution in [2.45, 2.75) is 25.9 Å². The van der Waals surface area contributed by atoms with Gasteiger partial charge >= 0.3 is 7.12 Å². The zero-order chi connectivity index (χ0) is 17.6. The second-order valence-electron chi connectivity index (χ2n) is 6.59. The van der Waals surface area contributed by atoms with Crippen molar-refractivity contribution in [1.82, 2.24) is 4.98 Å². The molecule has 0 radical (unpaired) electrons. The van der Waals surface area contributed by atoms with E-state index in [0.29, 0.717) is 31.4 Å². The lowest BCUT2D eigenvalue weighted by Gasteiger charge is -2.23. The van der Waals surface area contributed by atoms with Gasteiger partial charge in [-0.3, -0.25) is 14.6 Å². The molecule has 2 aromatic rings. The summed E-state index contributed by atoms with van der Waals surface area (Å²) in [6.07, 6.45) is 3.50. The molecule has 0 fully saturated rings. The first-order valence-corrected chi connectivity index (χ1v) is 8.27. The quantitative estimate of drug-likeness (QED) is 0.789. The number of nitrogens with two attached hydrogens (primary N) is 1. The van der Waals surface area contributed by atoms with Gasteiger partial charge in [0.05, 0.1) is 6.61 Å². The molecule has 2 aliphatic rings. The predicted molar refractivity (Wildman–Crippen MR) is 91.4 cm³/mol. The molecule has 0 bridgehead atoms. The summed E-state index contributed by atoms with van der Waals surface area (Å²) in [6, 6.07) is 7.47. The topological polar surface area (TPSA) is 103 Å². The van der Waals surface area contributed by atoms with Gasteiger partial charge in [-0.1, -0.05) is 18.2 Å². The normalized spacial score (nSPS) is 18.8. The monoisotopic (exact) mass is 336 g/mol. The third kappa shape index (κ3) is 2.85. The summed E-state index contributed by atoms with van der Waals surface area (Å²) in [4.78, 5) is 28.0. The number of rotatable bonds is 3. The SMILES string of the molecule is NC(=O)c1cc2c(cn1)C(=O)C(Cc1ccc3c(c1)B(O)OC3)CC2. The molecule has 0 spiro atoms. The van der Waals surface area contributed by atoms with Crippen molar-refractivity contribution >= 4 is 24.3 Å². The smallest absolute Gasteiger partial charge is 0.423 e. The Labute approximate surface area is 145 Å². The number of nitrogens with zero attached hydrogens (tertiary/aromatic N) is 1. The molecule has 3 N–H and O–H groups in total. The minimum Gasteiger partial charge on any atom is -0.423 e. The highest BCUT2D eigenvalue weighted by molar-refractivity contribution is 6.61. The van der Waals surface area contributed by atoms with Crippen molar-refractivity contribution in [2.75, 3.05) is 0 Å². The van der Waals surface area contributed by atoms with Crippen LogP contribution in [0, 0.1) is 5.92 Å². The maximum atomic E-state index is 12.8. The molecule has 126 valence electrons. The Morgan fingerprint density at radius 2 is 2.20 bits per heavy atom. The molecular weight excluding hydrogens is 319 g/mol. The number of amides is 1. The average Bonchev–Trinajstić information content (AvgIpc) is 2.98. The number of benzene rings is 1. The van der Waals surface area contributed by atoms with E-state index in [2.05, 4.69) is 4.98 Å². The molecule has 1 amide bonds. The van der Waals surface area contributed by atoms with Gasteiger partial charge in [-0.15, -0.1) is 0 Å². The van der Waals surface area contributed by atoms with Crippen LogP contribution in [-0.4, -0.2) is 28.8 Å². The first-order valence-electron chi connectivity index (χ1n) is 8.27. The van der Waals surface area contributed by atoms with Gasteiger partial charge in [0.1, 0.15) is 5.69 Å². The maximum Gasteiger partial charge on any atom is 0.491 e. The average molecular weight is 336 g/mol. The summed E-state index contributed by atoms with van der Waals surface area (Å²) < 4.78 is 5.21. The van der Waals surface area contributed by atoms with E-state index in [1.165, 1.54) is 6.20 Å². The van der Waals surface area contributed by atoms with Crippen LogP contribution >= 0.6 is 0 Å². The lowest BCUT2D eigenvalue weighted by Crippen LogP contribution is -2.29. The first kappa shape index (κ1) is 16.0. The third-order valence-electron chi connectivity index (χ3n) is 5.00. The Morgan fingerprint density at radius 3 is 3.00 bits per heavy atom. The van der Waals surface area contributed by atoms with Crippen LogP contribution in [0.1, 0.15) is 44.0 Å². The number of Topliss-reactive ketones (excluding diaryl/α,β-unsaturated/α-hetero) is 1. The molecule has 1 atom stereocenters. The summed E-state index contributed by atoms with van der Waals surface area (Å²) in [7, 11) is -0.880. The fourth-order valence-electron chi connectivity index (χ4n) is 3.61. The Morgan fingerprint density at radius 1 is 1.36 bits per heavy atom. The van der Waals surface area contributed by atoms with E-state index in [1.807, 2.05) is 18.2 Å². The van der Waals surface area contributed by atoms with E-state index in [1.54, 1.807) is 6.07 Å². The molecule has 0 saturated heterocycles. The zero-order valence-electron chi connectivity index (χ0n) is 13.6. The number of pyridine rings is 1. The number of carbonyl (C=O) groups excluding carboxylic acids is 2. The third-order valence-corrected chi connectivity index (χ3v) is 5.00. The van der Waals surface area contributed by atoms with Crippen LogP contribution in [0.15, 0.2) is 30.5 Å². The Kier molecular flexibility index (Phi) is 3.90. The largest absolute Gasteiger partial charge is 0.491 e. The van der Waals surface area contributed by atoms with Crippen molar-refractivity contribution in [3.63, 3.8) is 0 Å². The van der Waals surface area contributed by atoms with Gasteiger partial charge in [-0.25, -0.2) is 0 Å². The van der Waals surface area contributed by atoms with Crippen molar-refractivity contribution in [3.8, 4) is 0 Å². The molecular formula is C18H17BN2O4. The Bertz CT molecular complexity index is 883. The molecule has 6 nitrogen and oxygen atoms in total. The van der Waals surface area contributed by atoms with E-state index in [-0.39, 0.29) is 17.4 Å². The summed E-state index contributed by atoms with van der Waals surface area (Å²) in [5.74, 6) is -0.676. The van der Waals surface area contributed by atoms with Gasteiger partial charge in [-0.05, 0) is 47.5 Å². The lowest BCUT2D eigenvalue weighted by atomic mass is 9.76. The van der Waals surface area contributed by atoms with Crippen molar-refractivity contribution in [3.05, 3.63) is 58.4 Å². The number of hydrogen-bond acceptors (Lipinski definition) is 5. The molecule has 25 heavy (non-hydrogen) atoms. The summed E-state index contributed by atoms with van der Waals surface area (Å²) in [6.45, 7) is 0.417. The Balaban J connectivity index is 1.56. The molecule has 0 saturated carbocycles. The fraction of sp³-hybridized carbons (Fsp3) is 0.278. The Hall–Kier alpha value is -2.51. The maximum absolute atomic E-state index is 12.8. The number of hydrogen-bond donors (Lipinski definition) is 2. The first-order chi connectivity index (χ1) is 12.0. The molecule has 7 heteroatoms. The number of aryl methyl sites for hydroxylation is 1. The van der Waals surface area contributed by atoms with Crippen LogP contribution in [0.25, 0.3) is 0 Å². The van der Waals surface area contributed by atoms with Crippen LogP contribution in [0.5, 0.6) is 0 Å². The number of carbonyl (C=O) groups is 2. The molecule has 2 heterocycles. The minimum absolute atomic E-state index is 0.0436. The zero-order valence-corrected chi connectivity index (χ0v) is 13.6. The molecule has 1 aromatic carbocycles. The number of primary amides is 1. The molecule has 1 aliphatic carbocycles. The molecule has 1 aromatic heterocycles. The summed E-state index contributed by atoms with van der Waals surface area (Å²) >= 11 is 0. The lowest BCUT2D eigenvalue weighted by molar-refractivity contribution is 0.0898. The van der Waals surface area contributed by atoms with Gasteiger partial charge in [0, 0.05) is 17.7 Å². The highest BCUT2D eigenvalue weighted by Crippen LogP contribution is 2.28. The minimum atomic E-state index is -0.880. The van der Waals surface area contributed by atoms with Gasteiger partial charge in [0.2, 0.25) is 0 Å². The van der Waals surface area contributed by atoms with Crippen LogP contribution in [0.3, 0.4) is 0 Å². The molecule has 1 aliphatic heterocycles. The van der Waals surface area contributed by atoms with Crippen molar-refractivity contribution < 1.29 is 19.3 Å². The highest BCUT2D eigenvalue weighted by Gasteiger charge is 2.30. The van der Waals surface area contributed by atoms with Crippen LogP contribution in [0.2, 0.25) is 0 Å². The van der Waals surface area contributed by atoms with E-state index < -0.39 is 13.0 Å². The van der Waals surface area contributed by atoms with E-state index in [4.69, 9.17) is 10.4 Å². The predicted octanol–water partition coefficient (Wildman–Crippen LogP) is 0.386. The van der Waals surface area contributed by atoms with E-state index in [9.17, 15) is 14.6 Å². The van der Waals surface area contributed by atoms with Gasteiger partial charge in [0.15, 0.2) is 5.78 Å². The second kappa shape index (κ2) is 6.09. The van der Waals surface area contributed by atoms with Crippen LogP contribution in [0.4, 0.5) is 0 Å². The summed E-state index contributed by atoms with van der Waals surface area (Å²) in [5, 5.41) is 9.83. The number of ketones is 1. The van der Waals surface area contributed by atoms with Gasteiger partial charge < -0.3 is 15.4 Å². The second-order valence-corrected chi connectivity index (χ2v) is 6.59. The standard InChI is InChI=1S/C18H17BN2O4/c20-18(23)16-7-11-3-4-12(17(22)14(11)8-21-16)5-10-1-2-13-9-25-19(24)15(13)6-10/h1-2,6-8,12,24H,3-5,9H2,(H2,20,23). The van der Waals surface area contributed by atoms with Crippen molar-refractivity contribution in [1.29, 1.82) is 0 Å². The highest BCUT2D eigenvalue weighted by atomic mass is 16.5. The molecule has 1 unspecified atom stereocenters. The molecule has 4 rings (SSSR count). The fourth-order valence-corrected chi connectivity index (χ4v) is 3.61. The van der Waals surface area contributed by atoms with E-state index in [0.717, 1.165) is 22.2 Å².